The Hall–Kier alpha value is -1.27. The first-order chi connectivity index (χ1) is 7.66. The minimum absolute atomic E-state index is 0.200. The number of nitrogens with zero attached hydrogens (tertiary/aromatic N) is 2. The third-order valence-corrected chi connectivity index (χ3v) is 3.32. The van der Waals surface area contributed by atoms with Gasteiger partial charge in [0.05, 0.1) is 0 Å². The van der Waals surface area contributed by atoms with E-state index in [0.29, 0.717) is 16.1 Å². The van der Waals surface area contributed by atoms with Gasteiger partial charge in [-0.15, -0.1) is 5.10 Å². The van der Waals surface area contributed by atoms with E-state index in [1.807, 2.05) is 18.0 Å². The van der Waals surface area contributed by atoms with Crippen molar-refractivity contribution >= 4 is 28.7 Å². The Bertz CT molecular complexity index is 535. The lowest BCUT2D eigenvalue weighted by Crippen LogP contribution is -2.16. The monoisotopic (exact) mass is 255 g/mol. The number of rotatable bonds is 3. The minimum Gasteiger partial charge on any atom is -0.345 e. The number of benzene rings is 1. The topological polar surface area (TPSA) is 31.9 Å². The summed E-state index contributed by atoms with van der Waals surface area (Å²) in [7, 11) is 1.86. The second kappa shape index (κ2) is 4.71. The van der Waals surface area contributed by atoms with Gasteiger partial charge in [-0.1, -0.05) is 29.5 Å². The summed E-state index contributed by atoms with van der Waals surface area (Å²) < 4.78 is 14.0. The number of hydrogen-bond donors (Lipinski definition) is 1. The first-order valence-electron chi connectivity index (χ1n) is 4.67. The van der Waals surface area contributed by atoms with E-state index in [4.69, 9.17) is 12.2 Å². The molecule has 0 aliphatic rings. The molecule has 0 spiro atoms. The van der Waals surface area contributed by atoms with Crippen LogP contribution >= 0.6 is 23.6 Å². The van der Waals surface area contributed by atoms with E-state index < -0.39 is 0 Å². The number of hydrogen-bond acceptors (Lipinski definition) is 4. The van der Waals surface area contributed by atoms with E-state index in [2.05, 4.69) is 10.2 Å². The van der Waals surface area contributed by atoms with Crippen molar-refractivity contribution in [3.63, 3.8) is 0 Å². The van der Waals surface area contributed by atoms with Crippen LogP contribution in [0.4, 0.5) is 9.52 Å². The van der Waals surface area contributed by atoms with Gasteiger partial charge >= 0.3 is 0 Å². The minimum atomic E-state index is -0.200. The molecule has 0 unspecified atom stereocenters. The number of nitrogens with one attached hydrogen (secondary N) is 1. The van der Waals surface area contributed by atoms with Crippen molar-refractivity contribution in [2.45, 2.75) is 6.54 Å². The van der Waals surface area contributed by atoms with Crippen LogP contribution in [0, 0.1) is 9.77 Å². The third-order valence-electron chi connectivity index (χ3n) is 2.12. The molecule has 1 aromatic heterocycles. The molecule has 1 heterocycles. The summed E-state index contributed by atoms with van der Waals surface area (Å²) in [5, 5.41) is 7.49. The van der Waals surface area contributed by atoms with Gasteiger partial charge in [0.25, 0.3) is 0 Å². The normalized spacial score (nSPS) is 10.4. The van der Waals surface area contributed by atoms with Gasteiger partial charge in [-0.05, 0) is 18.3 Å². The zero-order valence-electron chi connectivity index (χ0n) is 8.61. The fourth-order valence-corrected chi connectivity index (χ4v) is 2.17. The highest BCUT2D eigenvalue weighted by Gasteiger charge is 2.08. The molecule has 0 atom stereocenters. The zero-order valence-corrected chi connectivity index (χ0v) is 10.2. The van der Waals surface area contributed by atoms with Crippen molar-refractivity contribution in [1.29, 1.82) is 0 Å². The van der Waals surface area contributed by atoms with Crippen molar-refractivity contribution in [2.75, 3.05) is 11.9 Å². The second-order valence-electron chi connectivity index (χ2n) is 3.34. The molecule has 0 saturated heterocycles. The van der Waals surface area contributed by atoms with Crippen LogP contribution in [0.25, 0.3) is 0 Å². The van der Waals surface area contributed by atoms with Gasteiger partial charge in [-0.2, -0.15) is 0 Å². The molecule has 1 N–H and O–H groups in total. The Morgan fingerprint density at radius 3 is 2.88 bits per heavy atom. The average Bonchev–Trinajstić information content (AvgIpc) is 2.68. The maximum atomic E-state index is 13.4. The van der Waals surface area contributed by atoms with E-state index in [9.17, 15) is 4.39 Å². The van der Waals surface area contributed by atoms with Crippen LogP contribution in [-0.4, -0.2) is 17.2 Å². The highest BCUT2D eigenvalue weighted by Crippen LogP contribution is 2.19. The fourth-order valence-electron chi connectivity index (χ4n) is 1.34. The van der Waals surface area contributed by atoms with Crippen molar-refractivity contribution < 1.29 is 4.39 Å². The number of H-pyrrole nitrogens is 1. The summed E-state index contributed by atoms with van der Waals surface area (Å²) in [4.78, 5) is 1.86. The van der Waals surface area contributed by atoms with Crippen molar-refractivity contribution in [2.24, 2.45) is 0 Å². The van der Waals surface area contributed by atoms with E-state index >= 15 is 0 Å². The van der Waals surface area contributed by atoms with Crippen LogP contribution < -0.4 is 4.90 Å². The van der Waals surface area contributed by atoms with E-state index in [0.717, 1.165) is 5.13 Å². The lowest BCUT2D eigenvalue weighted by atomic mass is 10.2. The van der Waals surface area contributed by atoms with Gasteiger partial charge in [0.2, 0.25) is 5.13 Å². The molecule has 2 rings (SSSR count). The van der Waals surface area contributed by atoms with Crippen LogP contribution in [0.3, 0.4) is 0 Å². The van der Waals surface area contributed by atoms with Gasteiger partial charge < -0.3 is 4.90 Å². The Morgan fingerprint density at radius 2 is 2.25 bits per heavy atom. The van der Waals surface area contributed by atoms with Crippen LogP contribution in [0.15, 0.2) is 24.3 Å². The van der Waals surface area contributed by atoms with Crippen molar-refractivity contribution in [1.82, 2.24) is 10.2 Å². The predicted octanol–water partition coefficient (Wildman–Crippen LogP) is 2.98. The van der Waals surface area contributed by atoms with Gasteiger partial charge in [0.1, 0.15) is 5.82 Å². The molecule has 0 bridgehead atoms. The molecule has 0 saturated carbocycles. The molecule has 6 heteroatoms. The third kappa shape index (κ3) is 2.45. The molecule has 0 aliphatic heterocycles. The van der Waals surface area contributed by atoms with Crippen LogP contribution in [0.5, 0.6) is 0 Å². The summed E-state index contributed by atoms with van der Waals surface area (Å²) in [6.45, 7) is 0.475. The number of aromatic nitrogens is 2. The molecule has 84 valence electrons. The first kappa shape index (κ1) is 11.2. The first-order valence-corrected chi connectivity index (χ1v) is 5.89. The molecule has 0 aliphatic carbocycles. The summed E-state index contributed by atoms with van der Waals surface area (Å²) >= 11 is 6.31. The molecule has 0 radical (unpaired) electrons. The molecular weight excluding hydrogens is 245 g/mol. The maximum absolute atomic E-state index is 13.4. The molecule has 1 aromatic carbocycles. The van der Waals surface area contributed by atoms with E-state index in [1.54, 1.807) is 12.1 Å². The Kier molecular flexibility index (Phi) is 3.31. The van der Waals surface area contributed by atoms with Crippen molar-refractivity contribution in [3.8, 4) is 0 Å². The smallest absolute Gasteiger partial charge is 0.206 e. The Morgan fingerprint density at radius 1 is 1.50 bits per heavy atom. The molecule has 2 aromatic rings. The van der Waals surface area contributed by atoms with Gasteiger partial charge in [-0.3, -0.25) is 5.10 Å². The maximum Gasteiger partial charge on any atom is 0.206 e. The van der Waals surface area contributed by atoms with Gasteiger partial charge in [-0.25, -0.2) is 4.39 Å². The average molecular weight is 255 g/mol. The number of anilines is 1. The zero-order chi connectivity index (χ0) is 11.5. The van der Waals surface area contributed by atoms with Crippen LogP contribution in [0.1, 0.15) is 5.56 Å². The van der Waals surface area contributed by atoms with Crippen molar-refractivity contribution in [3.05, 3.63) is 39.6 Å². The second-order valence-corrected chi connectivity index (χ2v) is 4.99. The Balaban J connectivity index is 2.16. The van der Waals surface area contributed by atoms with Crippen LogP contribution in [0.2, 0.25) is 0 Å². The predicted molar refractivity (Wildman–Crippen MR) is 65.8 cm³/mol. The van der Waals surface area contributed by atoms with E-state index in [1.165, 1.54) is 17.4 Å². The summed E-state index contributed by atoms with van der Waals surface area (Å²) in [5.41, 5.74) is 0.645. The number of halogens is 1. The molecule has 3 nitrogen and oxygen atoms in total. The molecule has 0 amide bonds. The standard InChI is InChI=1S/C10H10FN3S2/c1-14(9-12-13-10(15)16-9)6-7-4-2-3-5-8(7)11/h2-5H,6H2,1H3,(H,13,15). The fraction of sp³-hybridized carbons (Fsp3) is 0.200. The Labute approximate surface area is 102 Å². The number of aromatic amines is 1. The molecule has 0 fully saturated rings. The quantitative estimate of drug-likeness (QED) is 0.856. The lowest BCUT2D eigenvalue weighted by molar-refractivity contribution is 0.607. The lowest BCUT2D eigenvalue weighted by Gasteiger charge is -2.15. The molecular formula is C10H10FN3S2. The van der Waals surface area contributed by atoms with Gasteiger partial charge in [0, 0.05) is 19.2 Å². The highest BCUT2D eigenvalue weighted by molar-refractivity contribution is 7.73. The molecule has 16 heavy (non-hydrogen) atoms. The summed E-state index contributed by atoms with van der Waals surface area (Å²) in [5.74, 6) is -0.200. The van der Waals surface area contributed by atoms with E-state index in [-0.39, 0.29) is 5.82 Å². The summed E-state index contributed by atoms with van der Waals surface area (Å²) in [6, 6.07) is 6.71. The largest absolute Gasteiger partial charge is 0.345 e. The van der Waals surface area contributed by atoms with Gasteiger partial charge in [0.15, 0.2) is 3.95 Å². The SMILES string of the molecule is CN(Cc1ccccc1F)c1n[nH]c(=S)s1. The highest BCUT2D eigenvalue weighted by atomic mass is 32.1. The summed E-state index contributed by atoms with van der Waals surface area (Å²) in [6.07, 6.45) is 0. The van der Waals surface area contributed by atoms with Crippen LogP contribution in [-0.2, 0) is 6.54 Å².